The molecule has 0 saturated heterocycles. The molecule has 1 aliphatic carbocycles. The van der Waals surface area contributed by atoms with E-state index in [1.165, 1.54) is 0 Å². The van der Waals surface area contributed by atoms with Gasteiger partial charge in [-0.2, -0.15) is 0 Å². The maximum absolute atomic E-state index is 12.6. The van der Waals surface area contributed by atoms with E-state index in [2.05, 4.69) is 0 Å². The Balaban J connectivity index is 2.00. The van der Waals surface area contributed by atoms with Crippen LogP contribution in [0.1, 0.15) is 23.2 Å². The quantitative estimate of drug-likeness (QED) is 0.877. The number of nitrogens with zero attached hydrogens (tertiary/aromatic N) is 1. The first-order chi connectivity index (χ1) is 9.72. The van der Waals surface area contributed by atoms with Crippen molar-refractivity contribution in [2.45, 2.75) is 18.9 Å². The minimum atomic E-state index is -0.128. The van der Waals surface area contributed by atoms with Crippen molar-refractivity contribution in [1.82, 2.24) is 4.90 Å². The number of carbonyl (C=O) groups excluding carboxylic acids is 1. The Morgan fingerprint density at radius 1 is 1.25 bits per heavy atom. The lowest BCUT2D eigenvalue weighted by molar-refractivity contribution is 0.0751. The second-order valence-corrected chi connectivity index (χ2v) is 5.48. The lowest BCUT2D eigenvalue weighted by atomic mass is 10.0. The molecule has 104 valence electrons. The van der Waals surface area contributed by atoms with Gasteiger partial charge in [0, 0.05) is 23.9 Å². The summed E-state index contributed by atoms with van der Waals surface area (Å²) in [6, 6.07) is 11.4. The Bertz CT molecular complexity index is 652. The molecule has 0 radical (unpaired) electrons. The average molecular weight is 290 g/mol. The van der Waals surface area contributed by atoms with Gasteiger partial charge in [-0.1, -0.05) is 30.3 Å². The molecule has 3 rings (SSSR count). The predicted octanol–water partition coefficient (Wildman–Crippen LogP) is 3.39. The highest BCUT2D eigenvalue weighted by Crippen LogP contribution is 2.33. The first kappa shape index (κ1) is 13.3. The minimum Gasteiger partial charge on any atom is -0.506 e. The minimum absolute atomic E-state index is 0.0633. The Morgan fingerprint density at radius 2 is 2.00 bits per heavy atom. The summed E-state index contributed by atoms with van der Waals surface area (Å²) in [4.78, 5) is 14.4. The smallest absolute Gasteiger partial charge is 0.257 e. The van der Waals surface area contributed by atoms with E-state index in [-0.39, 0.29) is 17.7 Å². The van der Waals surface area contributed by atoms with Gasteiger partial charge in [-0.3, -0.25) is 4.79 Å². The van der Waals surface area contributed by atoms with Gasteiger partial charge in [0.05, 0.1) is 5.56 Å². The molecule has 20 heavy (non-hydrogen) atoms. The predicted molar refractivity (Wildman–Crippen MR) is 80.4 cm³/mol. The molecule has 0 aliphatic heterocycles. The van der Waals surface area contributed by atoms with Crippen LogP contribution in [0.2, 0.25) is 0 Å². The number of phenols is 1. The van der Waals surface area contributed by atoms with Crippen molar-refractivity contribution >= 4 is 28.3 Å². The number of phenolic OH excluding ortho intramolecular Hbond substituents is 1. The summed E-state index contributed by atoms with van der Waals surface area (Å²) in [5.74, 6) is 0.348. The van der Waals surface area contributed by atoms with Gasteiger partial charge in [0.15, 0.2) is 0 Å². The van der Waals surface area contributed by atoms with E-state index in [1.54, 1.807) is 11.0 Å². The Labute approximate surface area is 122 Å². The number of alkyl halides is 1. The number of benzene rings is 2. The summed E-state index contributed by atoms with van der Waals surface area (Å²) >= 11 is 5.78. The van der Waals surface area contributed by atoms with Crippen LogP contribution in [-0.4, -0.2) is 34.4 Å². The van der Waals surface area contributed by atoms with Crippen LogP contribution in [0.5, 0.6) is 5.75 Å². The van der Waals surface area contributed by atoms with E-state index >= 15 is 0 Å². The van der Waals surface area contributed by atoms with Crippen molar-refractivity contribution in [2.24, 2.45) is 0 Å². The third kappa shape index (κ3) is 2.34. The number of amides is 1. The third-order valence-electron chi connectivity index (χ3n) is 3.70. The van der Waals surface area contributed by atoms with Crippen LogP contribution in [0.4, 0.5) is 0 Å². The molecule has 0 atom stereocenters. The number of fused-ring (bicyclic) bond motifs is 1. The van der Waals surface area contributed by atoms with Crippen LogP contribution in [0, 0.1) is 0 Å². The molecule has 1 saturated carbocycles. The molecule has 0 unspecified atom stereocenters. The van der Waals surface area contributed by atoms with Gasteiger partial charge < -0.3 is 10.0 Å². The first-order valence-corrected chi connectivity index (χ1v) is 7.33. The molecule has 0 aromatic heterocycles. The summed E-state index contributed by atoms with van der Waals surface area (Å²) in [5.41, 5.74) is 0.362. The number of halogens is 1. The molecule has 2 aromatic rings. The Kier molecular flexibility index (Phi) is 3.53. The van der Waals surface area contributed by atoms with Crippen molar-refractivity contribution in [1.29, 1.82) is 0 Å². The third-order valence-corrected chi connectivity index (χ3v) is 3.87. The van der Waals surface area contributed by atoms with Crippen LogP contribution < -0.4 is 0 Å². The monoisotopic (exact) mass is 289 g/mol. The molecular weight excluding hydrogens is 274 g/mol. The van der Waals surface area contributed by atoms with Gasteiger partial charge in [0.25, 0.3) is 5.91 Å². The maximum Gasteiger partial charge on any atom is 0.257 e. The van der Waals surface area contributed by atoms with Crippen molar-refractivity contribution in [3.63, 3.8) is 0 Å². The van der Waals surface area contributed by atoms with E-state index in [0.29, 0.717) is 23.4 Å². The van der Waals surface area contributed by atoms with E-state index in [9.17, 15) is 9.90 Å². The molecule has 0 spiro atoms. The van der Waals surface area contributed by atoms with Crippen molar-refractivity contribution in [2.75, 3.05) is 12.4 Å². The second-order valence-electron chi connectivity index (χ2n) is 5.10. The Hall–Kier alpha value is -1.74. The van der Waals surface area contributed by atoms with Crippen molar-refractivity contribution < 1.29 is 9.90 Å². The molecule has 2 aromatic carbocycles. The molecule has 1 fully saturated rings. The van der Waals surface area contributed by atoms with Gasteiger partial charge in [0.2, 0.25) is 0 Å². The SMILES string of the molecule is O=C(c1ccc2ccccc2c1O)N(CCCl)C1CC1. The van der Waals surface area contributed by atoms with E-state index in [4.69, 9.17) is 11.6 Å². The Morgan fingerprint density at radius 3 is 2.70 bits per heavy atom. The van der Waals surface area contributed by atoms with Crippen LogP contribution in [0.25, 0.3) is 10.8 Å². The standard InChI is InChI=1S/C16H16ClNO2/c17-9-10-18(12-6-7-12)16(20)14-8-5-11-3-1-2-4-13(11)15(14)19/h1-5,8,12,19H,6-7,9-10H2. The van der Waals surface area contributed by atoms with Crippen molar-refractivity contribution in [3.8, 4) is 5.75 Å². The van der Waals surface area contributed by atoms with Gasteiger partial charge in [-0.05, 0) is 24.3 Å². The molecule has 0 heterocycles. The van der Waals surface area contributed by atoms with Crippen LogP contribution >= 0.6 is 11.6 Å². The fourth-order valence-electron chi connectivity index (χ4n) is 2.51. The largest absolute Gasteiger partial charge is 0.506 e. The second kappa shape index (κ2) is 5.33. The normalized spacial score (nSPS) is 14.4. The zero-order valence-electron chi connectivity index (χ0n) is 11.1. The summed E-state index contributed by atoms with van der Waals surface area (Å²) in [6.07, 6.45) is 2.05. The number of hydrogen-bond acceptors (Lipinski definition) is 2. The van der Waals surface area contributed by atoms with Crippen LogP contribution in [-0.2, 0) is 0 Å². The fraction of sp³-hybridized carbons (Fsp3) is 0.312. The van der Waals surface area contributed by atoms with E-state index < -0.39 is 0 Å². The highest BCUT2D eigenvalue weighted by atomic mass is 35.5. The van der Waals surface area contributed by atoms with Gasteiger partial charge >= 0.3 is 0 Å². The number of carbonyl (C=O) groups is 1. The summed E-state index contributed by atoms with van der Waals surface area (Å²) < 4.78 is 0. The molecule has 0 bridgehead atoms. The molecular formula is C16H16ClNO2. The van der Waals surface area contributed by atoms with E-state index in [0.717, 1.165) is 18.2 Å². The van der Waals surface area contributed by atoms with Gasteiger partial charge in [-0.25, -0.2) is 0 Å². The lowest BCUT2D eigenvalue weighted by Crippen LogP contribution is -2.34. The fourth-order valence-corrected chi connectivity index (χ4v) is 2.69. The highest BCUT2D eigenvalue weighted by molar-refractivity contribution is 6.18. The van der Waals surface area contributed by atoms with Gasteiger partial charge in [-0.15, -0.1) is 11.6 Å². The highest BCUT2D eigenvalue weighted by Gasteiger charge is 2.33. The number of aromatic hydroxyl groups is 1. The number of rotatable bonds is 4. The summed E-state index contributed by atoms with van der Waals surface area (Å²) in [6.45, 7) is 0.525. The maximum atomic E-state index is 12.6. The average Bonchev–Trinajstić information content (AvgIpc) is 3.29. The topological polar surface area (TPSA) is 40.5 Å². The van der Waals surface area contributed by atoms with E-state index in [1.807, 2.05) is 30.3 Å². The lowest BCUT2D eigenvalue weighted by Gasteiger charge is -2.22. The van der Waals surface area contributed by atoms with Crippen LogP contribution in [0.15, 0.2) is 36.4 Å². The number of hydrogen-bond donors (Lipinski definition) is 1. The summed E-state index contributed by atoms with van der Waals surface area (Å²) in [7, 11) is 0. The summed E-state index contributed by atoms with van der Waals surface area (Å²) in [5, 5.41) is 12.0. The van der Waals surface area contributed by atoms with Gasteiger partial charge in [0.1, 0.15) is 5.75 Å². The van der Waals surface area contributed by atoms with Crippen LogP contribution in [0.3, 0.4) is 0 Å². The first-order valence-electron chi connectivity index (χ1n) is 6.80. The molecule has 3 nitrogen and oxygen atoms in total. The molecule has 1 aliphatic rings. The zero-order chi connectivity index (χ0) is 14.1. The molecule has 1 amide bonds. The molecule has 1 N–H and O–H groups in total. The molecule has 4 heteroatoms. The van der Waals surface area contributed by atoms with Crippen molar-refractivity contribution in [3.05, 3.63) is 42.0 Å². The zero-order valence-corrected chi connectivity index (χ0v) is 11.8.